The summed E-state index contributed by atoms with van der Waals surface area (Å²) in [7, 11) is 0. The number of benzene rings is 2. The average Bonchev–Trinajstić information content (AvgIpc) is 2.99. The molecule has 2 heterocycles. The van der Waals surface area contributed by atoms with Gasteiger partial charge in [0.2, 0.25) is 0 Å². The molecule has 0 unspecified atom stereocenters. The fourth-order valence-electron chi connectivity index (χ4n) is 3.18. The third-order valence-electron chi connectivity index (χ3n) is 4.12. The maximum absolute atomic E-state index is 12.7. The quantitative estimate of drug-likeness (QED) is 0.744. The van der Waals surface area contributed by atoms with Gasteiger partial charge in [0.05, 0.1) is 11.1 Å². The average molecular weight is 266 g/mol. The molecule has 2 aliphatic rings. The van der Waals surface area contributed by atoms with E-state index >= 15 is 0 Å². The molecule has 0 N–H and O–H groups in total. The molecule has 0 saturated carbocycles. The molecular formula is C16H14N2O2. The predicted molar refractivity (Wildman–Crippen MR) is 75.3 cm³/mol. The van der Waals surface area contributed by atoms with Crippen LogP contribution in [0.1, 0.15) is 33.6 Å². The van der Waals surface area contributed by atoms with Crippen LogP contribution < -0.4 is 0 Å². The van der Waals surface area contributed by atoms with Gasteiger partial charge in [-0.2, -0.15) is 0 Å². The fraction of sp³-hybridized carbons (Fsp3) is 0.250. The molecule has 0 radical (unpaired) electrons. The zero-order chi connectivity index (χ0) is 13.7. The SMILES string of the molecule is O=C1c2cccc3cccc(c23)C(=O)N1N1CCCC1. The second-order valence-corrected chi connectivity index (χ2v) is 5.29. The van der Waals surface area contributed by atoms with Crippen molar-refractivity contribution < 1.29 is 9.59 Å². The summed E-state index contributed by atoms with van der Waals surface area (Å²) in [5, 5.41) is 4.95. The first-order chi connectivity index (χ1) is 9.77. The number of rotatable bonds is 1. The molecule has 100 valence electrons. The predicted octanol–water partition coefficient (Wildman–Crippen LogP) is 2.45. The lowest BCUT2D eigenvalue weighted by Gasteiger charge is -2.33. The number of nitrogens with zero attached hydrogens (tertiary/aromatic N) is 2. The van der Waals surface area contributed by atoms with Gasteiger partial charge in [0.15, 0.2) is 0 Å². The molecular weight excluding hydrogens is 252 g/mol. The van der Waals surface area contributed by atoms with E-state index in [1.54, 1.807) is 0 Å². The molecule has 20 heavy (non-hydrogen) atoms. The Hall–Kier alpha value is -2.20. The van der Waals surface area contributed by atoms with Crippen molar-refractivity contribution in [3.63, 3.8) is 0 Å². The summed E-state index contributed by atoms with van der Waals surface area (Å²) in [6.07, 6.45) is 2.06. The summed E-state index contributed by atoms with van der Waals surface area (Å²) in [4.78, 5) is 25.3. The number of hydrogen-bond acceptors (Lipinski definition) is 3. The highest BCUT2D eigenvalue weighted by atomic mass is 16.2. The monoisotopic (exact) mass is 266 g/mol. The molecule has 2 amide bonds. The van der Waals surface area contributed by atoms with Gasteiger partial charge in [-0.1, -0.05) is 24.3 Å². The summed E-state index contributed by atoms with van der Waals surface area (Å²) in [6, 6.07) is 11.2. The highest BCUT2D eigenvalue weighted by molar-refractivity contribution is 6.25. The lowest BCUT2D eigenvalue weighted by atomic mass is 9.95. The van der Waals surface area contributed by atoms with E-state index in [-0.39, 0.29) is 11.8 Å². The molecule has 4 rings (SSSR count). The van der Waals surface area contributed by atoms with Crippen molar-refractivity contribution in [2.75, 3.05) is 13.1 Å². The van der Waals surface area contributed by atoms with Crippen LogP contribution in [0.3, 0.4) is 0 Å². The van der Waals surface area contributed by atoms with Crippen LogP contribution in [0.25, 0.3) is 10.8 Å². The Kier molecular flexibility index (Phi) is 2.41. The van der Waals surface area contributed by atoms with Crippen molar-refractivity contribution in [3.05, 3.63) is 47.5 Å². The highest BCUT2D eigenvalue weighted by Gasteiger charge is 2.37. The molecule has 0 aliphatic carbocycles. The van der Waals surface area contributed by atoms with Crippen LogP contribution in [0.4, 0.5) is 0 Å². The van der Waals surface area contributed by atoms with Crippen molar-refractivity contribution in [3.8, 4) is 0 Å². The Bertz CT molecular complexity index is 682. The van der Waals surface area contributed by atoms with E-state index in [1.165, 1.54) is 5.01 Å². The molecule has 4 heteroatoms. The molecule has 4 nitrogen and oxygen atoms in total. The van der Waals surface area contributed by atoms with Crippen molar-refractivity contribution in [2.24, 2.45) is 0 Å². The van der Waals surface area contributed by atoms with Crippen LogP contribution in [0.5, 0.6) is 0 Å². The Morgan fingerprint density at radius 3 is 1.90 bits per heavy atom. The number of hydrogen-bond donors (Lipinski definition) is 0. The van der Waals surface area contributed by atoms with Crippen molar-refractivity contribution in [2.45, 2.75) is 12.8 Å². The molecule has 1 saturated heterocycles. The maximum atomic E-state index is 12.7. The topological polar surface area (TPSA) is 40.6 Å². The minimum atomic E-state index is -0.193. The van der Waals surface area contributed by atoms with Gasteiger partial charge in [-0.15, -0.1) is 0 Å². The lowest BCUT2D eigenvalue weighted by molar-refractivity contribution is 0.00727. The van der Waals surface area contributed by atoms with Crippen LogP contribution in [0.2, 0.25) is 0 Å². The molecule has 2 aliphatic heterocycles. The Balaban J connectivity index is 1.95. The van der Waals surface area contributed by atoms with Crippen LogP contribution >= 0.6 is 0 Å². The zero-order valence-corrected chi connectivity index (χ0v) is 11.0. The van der Waals surface area contributed by atoms with Crippen LogP contribution in [0.15, 0.2) is 36.4 Å². The van der Waals surface area contributed by atoms with Crippen molar-refractivity contribution in [1.29, 1.82) is 0 Å². The van der Waals surface area contributed by atoms with E-state index in [0.29, 0.717) is 11.1 Å². The summed E-state index contributed by atoms with van der Waals surface area (Å²) in [5.41, 5.74) is 1.26. The number of amides is 2. The lowest BCUT2D eigenvalue weighted by Crippen LogP contribution is -2.50. The van der Waals surface area contributed by atoms with E-state index in [9.17, 15) is 9.59 Å². The molecule has 1 fully saturated rings. The molecule has 0 aromatic heterocycles. The van der Waals surface area contributed by atoms with Gasteiger partial charge in [-0.05, 0) is 30.4 Å². The number of carbonyl (C=O) groups excluding carboxylic acids is 2. The summed E-state index contributed by atoms with van der Waals surface area (Å²) in [6.45, 7) is 1.55. The van der Waals surface area contributed by atoms with Crippen molar-refractivity contribution >= 4 is 22.6 Å². The van der Waals surface area contributed by atoms with Gasteiger partial charge in [-0.25, -0.2) is 10.0 Å². The van der Waals surface area contributed by atoms with Gasteiger partial charge in [0.25, 0.3) is 11.8 Å². The summed E-state index contributed by atoms with van der Waals surface area (Å²) < 4.78 is 0. The van der Waals surface area contributed by atoms with E-state index in [4.69, 9.17) is 0 Å². The largest absolute Gasteiger partial charge is 0.276 e. The van der Waals surface area contributed by atoms with Gasteiger partial charge >= 0.3 is 0 Å². The van der Waals surface area contributed by atoms with E-state index in [2.05, 4.69) is 0 Å². The fourth-order valence-corrected chi connectivity index (χ4v) is 3.18. The molecule has 0 atom stereocenters. The first-order valence-corrected chi connectivity index (χ1v) is 6.93. The van der Waals surface area contributed by atoms with E-state index in [1.807, 2.05) is 41.4 Å². The van der Waals surface area contributed by atoms with E-state index < -0.39 is 0 Å². The van der Waals surface area contributed by atoms with Crippen LogP contribution in [-0.2, 0) is 0 Å². The summed E-state index contributed by atoms with van der Waals surface area (Å²) in [5.74, 6) is -0.387. The van der Waals surface area contributed by atoms with Gasteiger partial charge in [0.1, 0.15) is 0 Å². The Morgan fingerprint density at radius 2 is 1.35 bits per heavy atom. The third kappa shape index (κ3) is 1.45. The van der Waals surface area contributed by atoms with Crippen molar-refractivity contribution in [1.82, 2.24) is 10.0 Å². The first kappa shape index (κ1) is 11.6. The minimum Gasteiger partial charge on any atom is -0.267 e. The van der Waals surface area contributed by atoms with Gasteiger partial charge in [0, 0.05) is 18.5 Å². The number of imide groups is 1. The Labute approximate surface area is 116 Å². The second-order valence-electron chi connectivity index (χ2n) is 5.29. The third-order valence-corrected chi connectivity index (χ3v) is 4.12. The van der Waals surface area contributed by atoms with Gasteiger partial charge in [-0.3, -0.25) is 9.59 Å². The standard InChI is InChI=1S/C16H14N2O2/c19-15-12-7-3-5-11-6-4-8-13(14(11)12)16(20)18(15)17-9-1-2-10-17/h3-8H,1-2,9-10H2. The van der Waals surface area contributed by atoms with E-state index in [0.717, 1.165) is 36.7 Å². The smallest absolute Gasteiger partial charge is 0.267 e. The molecule has 2 aromatic rings. The minimum absolute atomic E-state index is 0.193. The first-order valence-electron chi connectivity index (χ1n) is 6.93. The second kappa shape index (κ2) is 4.15. The molecule has 0 spiro atoms. The van der Waals surface area contributed by atoms with Gasteiger partial charge < -0.3 is 0 Å². The normalized spacial score (nSPS) is 19.1. The highest BCUT2D eigenvalue weighted by Crippen LogP contribution is 2.31. The summed E-state index contributed by atoms with van der Waals surface area (Å²) >= 11 is 0. The van der Waals surface area contributed by atoms with Crippen LogP contribution in [-0.4, -0.2) is 34.9 Å². The number of hydrazine groups is 1. The zero-order valence-electron chi connectivity index (χ0n) is 11.0. The van der Waals surface area contributed by atoms with Crippen LogP contribution in [0, 0.1) is 0 Å². The maximum Gasteiger partial charge on any atom is 0.276 e. The Morgan fingerprint density at radius 1 is 0.800 bits per heavy atom. The molecule has 2 aromatic carbocycles. The number of carbonyl (C=O) groups is 2. The molecule has 0 bridgehead atoms.